The van der Waals surface area contributed by atoms with E-state index >= 15 is 0 Å². The fourth-order valence-electron chi connectivity index (χ4n) is 1.99. The summed E-state index contributed by atoms with van der Waals surface area (Å²) in [5.74, 6) is 0. The molecule has 0 saturated heterocycles. The molecule has 1 aromatic heterocycles. The first-order chi connectivity index (χ1) is 7.49. The SMILES string of the molecule is N#CC1(c2cccnc2C(F)(F)F)CCC1. The summed E-state index contributed by atoms with van der Waals surface area (Å²) in [7, 11) is 0. The summed E-state index contributed by atoms with van der Waals surface area (Å²) in [6.45, 7) is 0. The van der Waals surface area contributed by atoms with Crippen molar-refractivity contribution in [1.29, 1.82) is 5.26 Å². The average Bonchev–Trinajstić information content (AvgIpc) is 2.16. The fourth-order valence-corrected chi connectivity index (χ4v) is 1.99. The van der Waals surface area contributed by atoms with Crippen molar-refractivity contribution in [3.63, 3.8) is 0 Å². The minimum Gasteiger partial charge on any atom is -0.251 e. The Hall–Kier alpha value is -1.57. The van der Waals surface area contributed by atoms with Crippen LogP contribution in [0.25, 0.3) is 0 Å². The minimum absolute atomic E-state index is 0.0243. The Morgan fingerprint density at radius 2 is 2.06 bits per heavy atom. The number of nitriles is 1. The standard InChI is InChI=1S/C11H9F3N2/c12-11(13,14)9-8(3-1-6-16-9)10(7-15)4-2-5-10/h1,3,6H,2,4-5H2. The molecule has 0 spiro atoms. The van der Waals surface area contributed by atoms with Crippen LogP contribution in [0.2, 0.25) is 0 Å². The maximum atomic E-state index is 12.7. The Morgan fingerprint density at radius 3 is 2.50 bits per heavy atom. The lowest BCUT2D eigenvalue weighted by molar-refractivity contribution is -0.142. The van der Waals surface area contributed by atoms with Crippen LogP contribution in [0.15, 0.2) is 18.3 Å². The molecule has 1 aliphatic carbocycles. The Morgan fingerprint density at radius 1 is 1.38 bits per heavy atom. The zero-order valence-electron chi connectivity index (χ0n) is 8.38. The molecule has 1 fully saturated rings. The van der Waals surface area contributed by atoms with E-state index in [4.69, 9.17) is 5.26 Å². The van der Waals surface area contributed by atoms with Gasteiger partial charge in [-0.15, -0.1) is 0 Å². The zero-order chi connectivity index (χ0) is 11.8. The van der Waals surface area contributed by atoms with Crippen LogP contribution in [-0.4, -0.2) is 4.98 Å². The molecule has 2 rings (SSSR count). The summed E-state index contributed by atoms with van der Waals surface area (Å²) in [4.78, 5) is 3.37. The second-order valence-electron chi connectivity index (χ2n) is 3.94. The minimum atomic E-state index is -4.49. The molecule has 1 heterocycles. The van der Waals surface area contributed by atoms with Crippen LogP contribution in [0.5, 0.6) is 0 Å². The van der Waals surface area contributed by atoms with E-state index in [1.165, 1.54) is 12.1 Å². The second-order valence-corrected chi connectivity index (χ2v) is 3.94. The average molecular weight is 226 g/mol. The highest BCUT2D eigenvalue weighted by atomic mass is 19.4. The van der Waals surface area contributed by atoms with Crippen molar-refractivity contribution in [1.82, 2.24) is 4.98 Å². The van der Waals surface area contributed by atoms with Gasteiger partial charge >= 0.3 is 6.18 Å². The molecule has 1 aliphatic rings. The van der Waals surface area contributed by atoms with E-state index in [-0.39, 0.29) is 5.56 Å². The van der Waals surface area contributed by atoms with Gasteiger partial charge in [-0.25, -0.2) is 0 Å². The number of alkyl halides is 3. The van der Waals surface area contributed by atoms with Crippen molar-refractivity contribution in [2.45, 2.75) is 30.9 Å². The highest BCUT2D eigenvalue weighted by Gasteiger charge is 2.46. The van der Waals surface area contributed by atoms with Gasteiger partial charge in [-0.1, -0.05) is 6.07 Å². The highest BCUT2D eigenvalue weighted by molar-refractivity contribution is 5.39. The first kappa shape index (κ1) is 10.9. The number of pyridine rings is 1. The maximum absolute atomic E-state index is 12.7. The van der Waals surface area contributed by atoms with Crippen molar-refractivity contribution >= 4 is 0 Å². The van der Waals surface area contributed by atoms with Crippen molar-refractivity contribution in [2.24, 2.45) is 0 Å². The van der Waals surface area contributed by atoms with E-state index in [9.17, 15) is 13.2 Å². The van der Waals surface area contributed by atoms with E-state index < -0.39 is 17.3 Å². The zero-order valence-corrected chi connectivity index (χ0v) is 8.38. The van der Waals surface area contributed by atoms with Gasteiger partial charge in [-0.05, 0) is 25.3 Å². The van der Waals surface area contributed by atoms with Gasteiger partial charge < -0.3 is 0 Å². The number of aromatic nitrogens is 1. The molecule has 5 heteroatoms. The van der Waals surface area contributed by atoms with E-state index in [1.807, 2.05) is 6.07 Å². The molecule has 1 saturated carbocycles. The molecular weight excluding hydrogens is 217 g/mol. The fraction of sp³-hybridized carbons (Fsp3) is 0.455. The van der Waals surface area contributed by atoms with E-state index in [1.54, 1.807) is 0 Å². The summed E-state index contributed by atoms with van der Waals surface area (Å²) < 4.78 is 38.1. The van der Waals surface area contributed by atoms with Crippen LogP contribution in [0, 0.1) is 11.3 Å². The molecule has 0 aliphatic heterocycles. The van der Waals surface area contributed by atoms with Crippen molar-refractivity contribution in [3.8, 4) is 6.07 Å². The first-order valence-electron chi connectivity index (χ1n) is 4.93. The maximum Gasteiger partial charge on any atom is 0.433 e. The smallest absolute Gasteiger partial charge is 0.251 e. The molecule has 0 amide bonds. The first-order valence-corrected chi connectivity index (χ1v) is 4.93. The van der Waals surface area contributed by atoms with Gasteiger partial charge in [0.2, 0.25) is 0 Å². The number of nitrogens with zero attached hydrogens (tertiary/aromatic N) is 2. The predicted octanol–water partition coefficient (Wildman–Crippen LogP) is 3.05. The summed E-state index contributed by atoms with van der Waals surface area (Å²) >= 11 is 0. The molecule has 0 aromatic carbocycles. The van der Waals surface area contributed by atoms with Gasteiger partial charge in [0.05, 0.1) is 11.5 Å². The lowest BCUT2D eigenvalue weighted by atomic mass is 9.65. The summed E-state index contributed by atoms with van der Waals surface area (Å²) in [5.41, 5.74) is -1.87. The predicted molar refractivity (Wildman–Crippen MR) is 50.4 cm³/mol. The quantitative estimate of drug-likeness (QED) is 0.737. The Kier molecular flexibility index (Phi) is 2.38. The molecular formula is C11H9F3N2. The number of halogens is 3. The van der Waals surface area contributed by atoms with Crippen LogP contribution < -0.4 is 0 Å². The molecule has 0 unspecified atom stereocenters. The number of hydrogen-bond donors (Lipinski definition) is 0. The topological polar surface area (TPSA) is 36.7 Å². The van der Waals surface area contributed by atoms with Gasteiger partial charge in [-0.3, -0.25) is 4.98 Å². The van der Waals surface area contributed by atoms with Gasteiger partial charge in [-0.2, -0.15) is 18.4 Å². The lowest BCUT2D eigenvalue weighted by Crippen LogP contribution is -2.35. The molecule has 84 valence electrons. The van der Waals surface area contributed by atoms with Gasteiger partial charge in [0, 0.05) is 11.8 Å². The second kappa shape index (κ2) is 3.48. The van der Waals surface area contributed by atoms with Crippen molar-refractivity contribution < 1.29 is 13.2 Å². The van der Waals surface area contributed by atoms with Crippen LogP contribution in [-0.2, 0) is 11.6 Å². The van der Waals surface area contributed by atoms with Crippen LogP contribution in [0.4, 0.5) is 13.2 Å². The Balaban J connectivity index is 2.54. The summed E-state index contributed by atoms with van der Waals surface area (Å²) in [5, 5.41) is 9.04. The van der Waals surface area contributed by atoms with Gasteiger partial charge in [0.1, 0.15) is 5.69 Å². The molecule has 0 bridgehead atoms. The van der Waals surface area contributed by atoms with Crippen molar-refractivity contribution in [2.75, 3.05) is 0 Å². The summed E-state index contributed by atoms with van der Waals surface area (Å²) in [6, 6.07) is 4.81. The largest absolute Gasteiger partial charge is 0.433 e. The van der Waals surface area contributed by atoms with E-state index in [2.05, 4.69) is 4.98 Å². The summed E-state index contributed by atoms with van der Waals surface area (Å²) in [6.07, 6.45) is -1.62. The number of hydrogen-bond acceptors (Lipinski definition) is 2. The van der Waals surface area contributed by atoms with Crippen molar-refractivity contribution in [3.05, 3.63) is 29.6 Å². The molecule has 1 aromatic rings. The third kappa shape index (κ3) is 1.54. The van der Waals surface area contributed by atoms with Crippen LogP contribution in [0.1, 0.15) is 30.5 Å². The monoisotopic (exact) mass is 226 g/mol. The number of rotatable bonds is 1. The van der Waals surface area contributed by atoms with Gasteiger partial charge in [0.15, 0.2) is 0 Å². The Labute approximate surface area is 90.7 Å². The Bertz CT molecular complexity index is 441. The lowest BCUT2D eigenvalue weighted by Gasteiger charge is -2.36. The third-order valence-electron chi connectivity index (χ3n) is 3.01. The van der Waals surface area contributed by atoms with Crippen LogP contribution >= 0.6 is 0 Å². The molecule has 0 atom stereocenters. The highest BCUT2D eigenvalue weighted by Crippen LogP contribution is 2.46. The molecule has 0 N–H and O–H groups in total. The van der Waals surface area contributed by atoms with E-state index in [0.717, 1.165) is 12.6 Å². The normalized spacial score (nSPS) is 18.6. The molecule has 16 heavy (non-hydrogen) atoms. The van der Waals surface area contributed by atoms with E-state index in [0.29, 0.717) is 12.8 Å². The van der Waals surface area contributed by atoms with Crippen LogP contribution in [0.3, 0.4) is 0 Å². The molecule has 2 nitrogen and oxygen atoms in total. The molecule has 0 radical (unpaired) electrons. The third-order valence-corrected chi connectivity index (χ3v) is 3.01. The van der Waals surface area contributed by atoms with Gasteiger partial charge in [0.25, 0.3) is 0 Å².